The van der Waals surface area contributed by atoms with Crippen LogP contribution in [0.2, 0.25) is 0 Å². The lowest BCUT2D eigenvalue weighted by atomic mass is 10.1. The Morgan fingerprint density at radius 3 is 3.06 bits per heavy atom. The number of nitrogens with zero attached hydrogens (tertiary/aromatic N) is 3. The number of hydrogen-bond acceptors (Lipinski definition) is 3. The zero-order valence-electron chi connectivity index (χ0n) is 10.8. The van der Waals surface area contributed by atoms with Crippen molar-refractivity contribution in [3.8, 4) is 0 Å². The minimum absolute atomic E-state index is 0.0626. The van der Waals surface area contributed by atoms with Crippen LogP contribution < -0.4 is 0 Å². The van der Waals surface area contributed by atoms with E-state index in [-0.39, 0.29) is 5.91 Å². The van der Waals surface area contributed by atoms with Gasteiger partial charge in [0.25, 0.3) is 5.91 Å². The Hall–Kier alpha value is -0.940. The van der Waals surface area contributed by atoms with Crippen molar-refractivity contribution in [3.63, 3.8) is 0 Å². The maximum atomic E-state index is 12.2. The molecule has 0 radical (unpaired) electrons. The average Bonchev–Trinajstić information content (AvgIpc) is 2.73. The van der Waals surface area contributed by atoms with E-state index in [0.717, 1.165) is 19.6 Å². The molecular weight excluding hydrogens is 294 g/mol. The van der Waals surface area contributed by atoms with Gasteiger partial charge in [0.2, 0.25) is 0 Å². The fourth-order valence-electron chi connectivity index (χ4n) is 2.40. The van der Waals surface area contributed by atoms with Crippen LogP contribution in [-0.4, -0.2) is 54.4 Å². The van der Waals surface area contributed by atoms with Gasteiger partial charge in [-0.1, -0.05) is 0 Å². The molecule has 1 aromatic rings. The number of rotatable bonds is 3. The smallest absolute Gasteiger partial charge is 0.253 e. The molecule has 5 heteroatoms. The molecule has 0 spiro atoms. The minimum Gasteiger partial charge on any atom is -0.341 e. The van der Waals surface area contributed by atoms with Gasteiger partial charge < -0.3 is 9.80 Å². The highest BCUT2D eigenvalue weighted by Gasteiger charge is 2.23. The molecule has 2 heterocycles. The van der Waals surface area contributed by atoms with Gasteiger partial charge in [0.05, 0.1) is 0 Å². The number of carbonyl (C=O) groups is 1. The Labute approximate surface area is 116 Å². The molecule has 0 N–H and O–H groups in total. The van der Waals surface area contributed by atoms with Crippen LogP contribution >= 0.6 is 15.9 Å². The molecule has 1 unspecified atom stereocenters. The zero-order chi connectivity index (χ0) is 13.1. The summed E-state index contributed by atoms with van der Waals surface area (Å²) in [5.74, 6) is 0.655. The van der Waals surface area contributed by atoms with Gasteiger partial charge in [-0.15, -0.1) is 0 Å². The second-order valence-electron chi connectivity index (χ2n) is 4.97. The van der Waals surface area contributed by atoms with Crippen LogP contribution in [0.25, 0.3) is 0 Å². The molecule has 0 bridgehead atoms. The number of halogens is 1. The highest BCUT2D eigenvalue weighted by Crippen LogP contribution is 2.17. The monoisotopic (exact) mass is 311 g/mol. The number of likely N-dealkylation sites (tertiary alicyclic amines) is 1. The molecular formula is C13H18BrN3O. The van der Waals surface area contributed by atoms with Gasteiger partial charge in [0.1, 0.15) is 4.60 Å². The van der Waals surface area contributed by atoms with Crippen molar-refractivity contribution >= 4 is 21.8 Å². The summed E-state index contributed by atoms with van der Waals surface area (Å²) in [5, 5.41) is 0. The van der Waals surface area contributed by atoms with Crippen LogP contribution in [0.3, 0.4) is 0 Å². The SMILES string of the molecule is CN1CCC(CN(C)C(=O)c2ccnc(Br)c2)C1. The van der Waals surface area contributed by atoms with E-state index in [0.29, 0.717) is 16.1 Å². The summed E-state index contributed by atoms with van der Waals surface area (Å²) in [6.07, 6.45) is 2.82. The van der Waals surface area contributed by atoms with E-state index < -0.39 is 0 Å². The quantitative estimate of drug-likeness (QED) is 0.800. The molecule has 1 atom stereocenters. The van der Waals surface area contributed by atoms with Gasteiger partial charge in [0, 0.05) is 31.9 Å². The third kappa shape index (κ3) is 3.29. The van der Waals surface area contributed by atoms with Crippen molar-refractivity contribution in [2.45, 2.75) is 6.42 Å². The van der Waals surface area contributed by atoms with E-state index in [4.69, 9.17) is 0 Å². The van der Waals surface area contributed by atoms with Crippen LogP contribution in [-0.2, 0) is 0 Å². The summed E-state index contributed by atoms with van der Waals surface area (Å²) in [5.41, 5.74) is 0.686. The Morgan fingerprint density at radius 1 is 1.67 bits per heavy atom. The number of pyridine rings is 1. The molecule has 1 amide bonds. The first-order valence-corrected chi connectivity index (χ1v) is 6.91. The summed E-state index contributed by atoms with van der Waals surface area (Å²) in [7, 11) is 4.00. The van der Waals surface area contributed by atoms with Crippen molar-refractivity contribution in [2.24, 2.45) is 5.92 Å². The number of hydrogen-bond donors (Lipinski definition) is 0. The second kappa shape index (κ2) is 5.80. The van der Waals surface area contributed by atoms with Crippen molar-refractivity contribution in [1.82, 2.24) is 14.8 Å². The summed E-state index contributed by atoms with van der Waals surface area (Å²) < 4.78 is 0.697. The highest BCUT2D eigenvalue weighted by atomic mass is 79.9. The van der Waals surface area contributed by atoms with Crippen LogP contribution in [0.5, 0.6) is 0 Å². The largest absolute Gasteiger partial charge is 0.341 e. The molecule has 0 aliphatic carbocycles. The van der Waals surface area contributed by atoms with Gasteiger partial charge in [-0.25, -0.2) is 4.98 Å². The Morgan fingerprint density at radius 2 is 2.44 bits per heavy atom. The molecule has 1 fully saturated rings. The van der Waals surface area contributed by atoms with E-state index >= 15 is 0 Å². The van der Waals surface area contributed by atoms with Crippen molar-refractivity contribution in [1.29, 1.82) is 0 Å². The third-order valence-electron chi connectivity index (χ3n) is 3.34. The molecule has 2 rings (SSSR count). The first kappa shape index (κ1) is 13.5. The molecule has 4 nitrogen and oxygen atoms in total. The maximum Gasteiger partial charge on any atom is 0.253 e. The van der Waals surface area contributed by atoms with Crippen LogP contribution in [0, 0.1) is 5.92 Å². The van der Waals surface area contributed by atoms with Crippen molar-refractivity contribution in [2.75, 3.05) is 33.7 Å². The number of amides is 1. The zero-order valence-corrected chi connectivity index (χ0v) is 12.4. The maximum absolute atomic E-state index is 12.2. The molecule has 18 heavy (non-hydrogen) atoms. The number of carbonyl (C=O) groups excluding carboxylic acids is 1. The second-order valence-corrected chi connectivity index (χ2v) is 5.78. The van der Waals surface area contributed by atoms with E-state index in [1.165, 1.54) is 6.42 Å². The lowest BCUT2D eigenvalue weighted by Crippen LogP contribution is -2.32. The predicted octanol–water partition coefficient (Wildman–Crippen LogP) is 1.87. The molecule has 1 aliphatic heterocycles. The summed E-state index contributed by atoms with van der Waals surface area (Å²) in [6, 6.07) is 3.52. The van der Waals surface area contributed by atoms with Crippen LogP contribution in [0.4, 0.5) is 0 Å². The summed E-state index contributed by atoms with van der Waals surface area (Å²) >= 11 is 3.29. The van der Waals surface area contributed by atoms with E-state index in [9.17, 15) is 4.79 Å². The van der Waals surface area contributed by atoms with Gasteiger partial charge >= 0.3 is 0 Å². The Balaban J connectivity index is 1.96. The van der Waals surface area contributed by atoms with Gasteiger partial charge in [0.15, 0.2) is 0 Å². The van der Waals surface area contributed by atoms with Gasteiger partial charge in [-0.05, 0) is 54.0 Å². The average molecular weight is 312 g/mol. The topological polar surface area (TPSA) is 36.4 Å². The van der Waals surface area contributed by atoms with E-state index in [2.05, 4.69) is 32.9 Å². The molecule has 98 valence electrons. The third-order valence-corrected chi connectivity index (χ3v) is 3.77. The highest BCUT2D eigenvalue weighted by molar-refractivity contribution is 9.10. The van der Waals surface area contributed by atoms with Crippen LogP contribution in [0.15, 0.2) is 22.9 Å². The minimum atomic E-state index is 0.0626. The van der Waals surface area contributed by atoms with Gasteiger partial charge in [-0.2, -0.15) is 0 Å². The van der Waals surface area contributed by atoms with Crippen molar-refractivity contribution in [3.05, 3.63) is 28.5 Å². The number of aromatic nitrogens is 1. The van der Waals surface area contributed by atoms with Gasteiger partial charge in [-0.3, -0.25) is 4.79 Å². The lowest BCUT2D eigenvalue weighted by molar-refractivity contribution is 0.0774. The Bertz CT molecular complexity index is 438. The molecule has 1 aromatic heterocycles. The molecule has 0 aromatic carbocycles. The van der Waals surface area contributed by atoms with Crippen molar-refractivity contribution < 1.29 is 4.79 Å². The normalized spacial score (nSPS) is 20.1. The summed E-state index contributed by atoms with van der Waals surface area (Å²) in [4.78, 5) is 20.4. The van der Waals surface area contributed by atoms with Crippen LogP contribution in [0.1, 0.15) is 16.8 Å². The molecule has 0 saturated carbocycles. The predicted molar refractivity (Wildman–Crippen MR) is 74.5 cm³/mol. The standard InChI is InChI=1S/C13H18BrN3O/c1-16-6-4-10(8-16)9-17(2)13(18)11-3-5-15-12(14)7-11/h3,5,7,10H,4,6,8-9H2,1-2H3. The first-order valence-electron chi connectivity index (χ1n) is 6.12. The fraction of sp³-hybridized carbons (Fsp3) is 0.538. The molecule has 1 aliphatic rings. The van der Waals surface area contributed by atoms with E-state index in [1.807, 2.05) is 11.9 Å². The fourth-order valence-corrected chi connectivity index (χ4v) is 2.77. The Kier molecular flexibility index (Phi) is 4.35. The summed E-state index contributed by atoms with van der Waals surface area (Å²) in [6.45, 7) is 3.04. The first-order chi connectivity index (χ1) is 8.56. The lowest BCUT2D eigenvalue weighted by Gasteiger charge is -2.21. The van der Waals surface area contributed by atoms with E-state index in [1.54, 1.807) is 18.3 Å². The molecule has 1 saturated heterocycles.